The van der Waals surface area contributed by atoms with E-state index in [1.54, 1.807) is 11.9 Å². The van der Waals surface area contributed by atoms with Gasteiger partial charge in [-0.1, -0.05) is 0 Å². The summed E-state index contributed by atoms with van der Waals surface area (Å²) in [5, 5.41) is 9.43. The largest absolute Gasteiger partial charge is 0.481 e. The summed E-state index contributed by atoms with van der Waals surface area (Å²) in [4.78, 5) is 30.9. The Kier molecular flexibility index (Phi) is 3.50. The summed E-state index contributed by atoms with van der Waals surface area (Å²) in [6, 6.07) is 2.89. The topological polar surface area (TPSA) is 73.7 Å². The number of likely N-dealkylation sites (tertiary alicyclic amines) is 1. The molecule has 118 valence electrons. The summed E-state index contributed by atoms with van der Waals surface area (Å²) in [5.41, 5.74) is -0.662. The minimum atomic E-state index is -0.935. The van der Waals surface area contributed by atoms with Crippen molar-refractivity contribution in [2.24, 2.45) is 5.92 Å². The second-order valence-corrected chi connectivity index (χ2v) is 5.95. The average molecular weight is 307 g/mol. The van der Waals surface area contributed by atoms with Gasteiger partial charge in [0.1, 0.15) is 0 Å². The molecule has 2 aliphatic heterocycles. The van der Waals surface area contributed by atoms with E-state index < -0.39 is 17.4 Å². The third-order valence-electron chi connectivity index (χ3n) is 5.04. The van der Waals surface area contributed by atoms with Gasteiger partial charge in [-0.3, -0.25) is 9.59 Å². The van der Waals surface area contributed by atoms with E-state index in [2.05, 4.69) is 4.98 Å². The van der Waals surface area contributed by atoms with Crippen molar-refractivity contribution in [2.45, 2.75) is 24.8 Å². The molecule has 3 heterocycles. The van der Waals surface area contributed by atoms with Gasteiger partial charge in [0.05, 0.1) is 11.5 Å². The third kappa shape index (κ3) is 2.12. The number of carbonyl (C=O) groups excluding carboxylic acids is 1. The van der Waals surface area contributed by atoms with Gasteiger partial charge >= 0.3 is 5.97 Å². The van der Waals surface area contributed by atoms with Crippen LogP contribution in [0.5, 0.6) is 0 Å². The van der Waals surface area contributed by atoms with Crippen molar-refractivity contribution >= 4 is 17.7 Å². The van der Waals surface area contributed by atoms with Crippen LogP contribution in [0, 0.1) is 11.7 Å². The van der Waals surface area contributed by atoms with Crippen molar-refractivity contribution < 1.29 is 19.1 Å². The molecule has 22 heavy (non-hydrogen) atoms. The number of piperidine rings is 1. The fourth-order valence-electron chi connectivity index (χ4n) is 3.70. The van der Waals surface area contributed by atoms with E-state index in [-0.39, 0.29) is 24.0 Å². The minimum absolute atomic E-state index is 0.0454. The number of aromatic nitrogens is 1. The van der Waals surface area contributed by atoms with E-state index in [9.17, 15) is 19.1 Å². The summed E-state index contributed by atoms with van der Waals surface area (Å²) in [5.74, 6) is -1.86. The Labute approximate surface area is 127 Å². The van der Waals surface area contributed by atoms with Gasteiger partial charge in [-0.15, -0.1) is 0 Å². The normalized spacial score (nSPS) is 24.1. The molecule has 2 fully saturated rings. The van der Waals surface area contributed by atoms with Crippen LogP contribution in [0.25, 0.3) is 0 Å². The van der Waals surface area contributed by atoms with E-state index in [0.29, 0.717) is 25.9 Å². The lowest BCUT2D eigenvalue weighted by atomic mass is 9.77. The van der Waals surface area contributed by atoms with Gasteiger partial charge in [-0.05, 0) is 25.0 Å². The fourth-order valence-corrected chi connectivity index (χ4v) is 3.70. The number of halogens is 1. The number of rotatable bonds is 2. The number of amides is 1. The Bertz CT molecular complexity index is 614. The van der Waals surface area contributed by atoms with Crippen LogP contribution in [0.4, 0.5) is 10.2 Å². The number of aliphatic carboxylic acids is 1. The van der Waals surface area contributed by atoms with Crippen LogP contribution in [0.2, 0.25) is 0 Å². The first-order chi connectivity index (χ1) is 10.5. The van der Waals surface area contributed by atoms with Crippen molar-refractivity contribution in [3.63, 3.8) is 0 Å². The molecule has 0 unspecified atom stereocenters. The molecule has 1 aromatic rings. The zero-order valence-electron chi connectivity index (χ0n) is 12.3. The molecule has 0 radical (unpaired) electrons. The monoisotopic (exact) mass is 307 g/mol. The Hall–Kier alpha value is -2.18. The molecule has 1 N–H and O–H groups in total. The van der Waals surface area contributed by atoms with E-state index in [0.717, 1.165) is 0 Å². The minimum Gasteiger partial charge on any atom is -0.481 e. The molecule has 2 aliphatic rings. The van der Waals surface area contributed by atoms with Crippen LogP contribution in [0.1, 0.15) is 19.3 Å². The molecule has 6 nitrogen and oxygen atoms in total. The van der Waals surface area contributed by atoms with Crippen LogP contribution < -0.4 is 4.90 Å². The van der Waals surface area contributed by atoms with Gasteiger partial charge in [0.2, 0.25) is 5.91 Å². The summed E-state index contributed by atoms with van der Waals surface area (Å²) < 4.78 is 13.8. The zero-order chi connectivity index (χ0) is 15.9. The van der Waals surface area contributed by atoms with Crippen molar-refractivity contribution in [3.8, 4) is 0 Å². The Morgan fingerprint density at radius 2 is 2.14 bits per heavy atom. The van der Waals surface area contributed by atoms with Gasteiger partial charge in [0, 0.05) is 32.8 Å². The quantitative estimate of drug-likeness (QED) is 0.886. The first kappa shape index (κ1) is 14.7. The molecule has 1 amide bonds. The predicted octanol–water partition coefficient (Wildman–Crippen LogP) is 1.12. The van der Waals surface area contributed by atoms with Gasteiger partial charge in [0.15, 0.2) is 11.6 Å². The predicted molar refractivity (Wildman–Crippen MR) is 76.9 cm³/mol. The van der Waals surface area contributed by atoms with Gasteiger partial charge in [-0.2, -0.15) is 0 Å². The molecular formula is C15H18FN3O3. The second kappa shape index (κ2) is 5.23. The highest BCUT2D eigenvalue weighted by Gasteiger charge is 2.55. The van der Waals surface area contributed by atoms with E-state index in [4.69, 9.17) is 0 Å². The summed E-state index contributed by atoms with van der Waals surface area (Å²) in [6.45, 7) is 0.963. The van der Waals surface area contributed by atoms with Crippen LogP contribution in [0.15, 0.2) is 18.3 Å². The number of carbonyl (C=O) groups is 2. The van der Waals surface area contributed by atoms with Crippen molar-refractivity contribution in [2.75, 3.05) is 25.0 Å². The number of hydrogen-bond acceptors (Lipinski definition) is 4. The molecule has 1 aromatic heterocycles. The second-order valence-electron chi connectivity index (χ2n) is 5.95. The van der Waals surface area contributed by atoms with Crippen LogP contribution in [0.3, 0.4) is 0 Å². The third-order valence-corrected chi connectivity index (χ3v) is 5.04. The molecule has 3 rings (SSSR count). The summed E-state index contributed by atoms with van der Waals surface area (Å²) in [6.07, 6.45) is 2.59. The highest BCUT2D eigenvalue weighted by Crippen LogP contribution is 2.43. The summed E-state index contributed by atoms with van der Waals surface area (Å²) >= 11 is 0. The fraction of sp³-hybridized carbons (Fsp3) is 0.533. The van der Waals surface area contributed by atoms with Crippen molar-refractivity contribution in [3.05, 3.63) is 24.1 Å². The first-order valence-corrected chi connectivity index (χ1v) is 7.30. The number of carboxylic acid groups (broad SMARTS) is 1. The maximum absolute atomic E-state index is 13.8. The highest BCUT2D eigenvalue weighted by atomic mass is 19.1. The zero-order valence-corrected chi connectivity index (χ0v) is 12.3. The smallest absolute Gasteiger partial charge is 0.309 e. The molecule has 0 bridgehead atoms. The van der Waals surface area contributed by atoms with Gasteiger partial charge in [0.25, 0.3) is 0 Å². The first-order valence-electron chi connectivity index (χ1n) is 7.30. The molecule has 7 heteroatoms. The lowest BCUT2D eigenvalue weighted by molar-refractivity contribution is -0.145. The molecule has 0 aliphatic carbocycles. The molecular weight excluding hydrogens is 289 g/mol. The van der Waals surface area contributed by atoms with E-state index in [1.807, 2.05) is 4.90 Å². The standard InChI is InChI=1S/C15H18FN3O3/c1-18-12(20)9-10(14(21)22)15(18)4-7-19(8-5-15)13-11(16)3-2-6-17-13/h2-3,6,10H,4-5,7-9H2,1H3,(H,21,22)/t10-/m1/s1. The highest BCUT2D eigenvalue weighted by molar-refractivity contribution is 5.88. The average Bonchev–Trinajstić information content (AvgIpc) is 2.74. The lowest BCUT2D eigenvalue weighted by Crippen LogP contribution is -2.56. The number of carboxylic acids is 1. The van der Waals surface area contributed by atoms with Crippen LogP contribution >= 0.6 is 0 Å². The lowest BCUT2D eigenvalue weighted by Gasteiger charge is -2.45. The molecule has 0 aromatic carbocycles. The molecule has 1 spiro atoms. The number of hydrogen-bond donors (Lipinski definition) is 1. The Balaban J connectivity index is 1.82. The van der Waals surface area contributed by atoms with Gasteiger partial charge in [-0.25, -0.2) is 9.37 Å². The molecule has 1 atom stereocenters. The Morgan fingerprint density at radius 3 is 2.73 bits per heavy atom. The number of nitrogens with zero attached hydrogens (tertiary/aromatic N) is 3. The van der Waals surface area contributed by atoms with Crippen LogP contribution in [-0.4, -0.2) is 52.5 Å². The maximum atomic E-state index is 13.8. The Morgan fingerprint density at radius 1 is 1.45 bits per heavy atom. The van der Waals surface area contributed by atoms with E-state index >= 15 is 0 Å². The van der Waals surface area contributed by atoms with E-state index in [1.165, 1.54) is 18.3 Å². The molecule has 0 saturated carbocycles. The maximum Gasteiger partial charge on any atom is 0.309 e. The van der Waals surface area contributed by atoms with Gasteiger partial charge < -0.3 is 14.9 Å². The van der Waals surface area contributed by atoms with Crippen molar-refractivity contribution in [1.29, 1.82) is 0 Å². The summed E-state index contributed by atoms with van der Waals surface area (Å²) in [7, 11) is 1.67. The van der Waals surface area contributed by atoms with Crippen molar-refractivity contribution in [1.82, 2.24) is 9.88 Å². The number of anilines is 1. The number of pyridine rings is 1. The molecule has 2 saturated heterocycles. The van der Waals surface area contributed by atoms with Crippen LogP contribution in [-0.2, 0) is 9.59 Å². The SMILES string of the molecule is CN1C(=O)C[C@H](C(=O)O)C12CCN(c1ncccc1F)CC2.